The SMILES string of the molecule is COc1cccc(CCOc2ccc(F)c(C)c2)c1F. The zero-order valence-electron chi connectivity index (χ0n) is 11.5. The molecule has 2 rings (SSSR count). The lowest BCUT2D eigenvalue weighted by molar-refractivity contribution is 0.317. The number of ether oxygens (including phenoxy) is 2. The van der Waals surface area contributed by atoms with Crippen LogP contribution in [0.1, 0.15) is 11.1 Å². The van der Waals surface area contributed by atoms with Gasteiger partial charge in [-0.3, -0.25) is 0 Å². The summed E-state index contributed by atoms with van der Waals surface area (Å²) in [5.74, 6) is 0.164. The number of rotatable bonds is 5. The van der Waals surface area contributed by atoms with Gasteiger partial charge in [-0.1, -0.05) is 12.1 Å². The number of methoxy groups -OCH3 is 1. The summed E-state index contributed by atoms with van der Waals surface area (Å²) in [6.07, 6.45) is 0.416. The Morgan fingerprint density at radius 3 is 2.60 bits per heavy atom. The van der Waals surface area contributed by atoms with Gasteiger partial charge in [0.2, 0.25) is 0 Å². The topological polar surface area (TPSA) is 18.5 Å². The summed E-state index contributed by atoms with van der Waals surface area (Å²) in [6.45, 7) is 1.99. The van der Waals surface area contributed by atoms with Crippen molar-refractivity contribution in [3.63, 3.8) is 0 Å². The molecule has 0 heterocycles. The Labute approximate surface area is 117 Å². The van der Waals surface area contributed by atoms with E-state index in [2.05, 4.69) is 0 Å². The molecule has 2 aromatic rings. The molecule has 106 valence electrons. The molecule has 0 saturated heterocycles. The normalized spacial score (nSPS) is 10.4. The first-order chi connectivity index (χ1) is 9.61. The van der Waals surface area contributed by atoms with Crippen molar-refractivity contribution in [2.24, 2.45) is 0 Å². The minimum absolute atomic E-state index is 0.222. The molecule has 0 saturated carbocycles. The summed E-state index contributed by atoms with van der Waals surface area (Å²) in [5, 5.41) is 0. The quantitative estimate of drug-likeness (QED) is 0.825. The first kappa shape index (κ1) is 14.3. The van der Waals surface area contributed by atoms with Crippen molar-refractivity contribution in [2.45, 2.75) is 13.3 Å². The summed E-state index contributed by atoms with van der Waals surface area (Å²) < 4.78 is 37.4. The Morgan fingerprint density at radius 2 is 1.90 bits per heavy atom. The standard InChI is InChI=1S/C16H16F2O2/c1-11-10-13(6-7-14(11)17)20-9-8-12-4-3-5-15(19-2)16(12)18/h3-7,10H,8-9H2,1-2H3. The van der Waals surface area contributed by atoms with Crippen molar-refractivity contribution < 1.29 is 18.3 Å². The average molecular weight is 278 g/mol. The summed E-state index contributed by atoms with van der Waals surface area (Å²) >= 11 is 0. The fourth-order valence-electron chi connectivity index (χ4n) is 1.89. The molecule has 0 N–H and O–H groups in total. The lowest BCUT2D eigenvalue weighted by atomic mass is 10.1. The Hall–Kier alpha value is -2.10. The molecule has 20 heavy (non-hydrogen) atoms. The zero-order valence-corrected chi connectivity index (χ0v) is 11.5. The van der Waals surface area contributed by atoms with Gasteiger partial charge in [0.25, 0.3) is 0 Å². The molecule has 4 heteroatoms. The highest BCUT2D eigenvalue weighted by atomic mass is 19.1. The van der Waals surface area contributed by atoms with Crippen LogP contribution in [0, 0.1) is 18.6 Å². The molecule has 0 bridgehead atoms. The van der Waals surface area contributed by atoms with Crippen molar-refractivity contribution in [1.82, 2.24) is 0 Å². The number of halogens is 2. The van der Waals surface area contributed by atoms with E-state index in [0.717, 1.165) is 0 Å². The second-order valence-electron chi connectivity index (χ2n) is 4.44. The van der Waals surface area contributed by atoms with E-state index in [0.29, 0.717) is 29.9 Å². The van der Waals surface area contributed by atoms with Gasteiger partial charge in [0.1, 0.15) is 11.6 Å². The van der Waals surface area contributed by atoms with Gasteiger partial charge in [-0.25, -0.2) is 8.78 Å². The molecule has 2 nitrogen and oxygen atoms in total. The van der Waals surface area contributed by atoms with E-state index in [1.165, 1.54) is 13.2 Å². The predicted molar refractivity (Wildman–Crippen MR) is 73.3 cm³/mol. The van der Waals surface area contributed by atoms with Gasteiger partial charge in [-0.15, -0.1) is 0 Å². The molecule has 0 aromatic heterocycles. The van der Waals surface area contributed by atoms with Crippen LogP contribution in [0.4, 0.5) is 8.78 Å². The third kappa shape index (κ3) is 3.26. The second-order valence-corrected chi connectivity index (χ2v) is 4.44. The van der Waals surface area contributed by atoms with E-state index in [-0.39, 0.29) is 17.4 Å². The Morgan fingerprint density at radius 1 is 1.10 bits per heavy atom. The van der Waals surface area contributed by atoms with Gasteiger partial charge in [0.15, 0.2) is 11.6 Å². The molecule has 0 aliphatic carbocycles. The van der Waals surface area contributed by atoms with E-state index in [9.17, 15) is 8.78 Å². The number of aryl methyl sites for hydroxylation is 1. The summed E-state index contributed by atoms with van der Waals surface area (Å²) in [6, 6.07) is 9.54. The molecule has 0 atom stereocenters. The van der Waals surface area contributed by atoms with E-state index in [1.54, 1.807) is 37.3 Å². The molecule has 0 amide bonds. The van der Waals surface area contributed by atoms with Gasteiger partial charge in [-0.05, 0) is 42.3 Å². The van der Waals surface area contributed by atoms with E-state index in [4.69, 9.17) is 9.47 Å². The highest BCUT2D eigenvalue weighted by Crippen LogP contribution is 2.21. The smallest absolute Gasteiger partial charge is 0.168 e. The molecule has 0 fully saturated rings. The maximum absolute atomic E-state index is 13.9. The van der Waals surface area contributed by atoms with Gasteiger partial charge in [0, 0.05) is 6.42 Å². The third-order valence-electron chi connectivity index (χ3n) is 3.03. The van der Waals surface area contributed by atoms with Crippen molar-refractivity contribution in [3.05, 3.63) is 59.2 Å². The van der Waals surface area contributed by atoms with Crippen molar-refractivity contribution in [1.29, 1.82) is 0 Å². The molecular weight excluding hydrogens is 262 g/mol. The van der Waals surface area contributed by atoms with Gasteiger partial charge in [0.05, 0.1) is 13.7 Å². The summed E-state index contributed by atoms with van der Waals surface area (Å²) in [4.78, 5) is 0. The lowest BCUT2D eigenvalue weighted by Crippen LogP contribution is -2.04. The fraction of sp³-hybridized carbons (Fsp3) is 0.250. The first-order valence-electron chi connectivity index (χ1n) is 6.32. The number of hydrogen-bond donors (Lipinski definition) is 0. The second kappa shape index (κ2) is 6.37. The minimum atomic E-state index is -0.367. The van der Waals surface area contributed by atoms with E-state index < -0.39 is 0 Å². The van der Waals surface area contributed by atoms with E-state index in [1.807, 2.05) is 0 Å². The Kier molecular flexibility index (Phi) is 4.56. The van der Waals surface area contributed by atoms with Crippen LogP contribution in [0.25, 0.3) is 0 Å². The first-order valence-corrected chi connectivity index (χ1v) is 6.32. The molecule has 2 aromatic carbocycles. The molecule has 0 radical (unpaired) electrons. The van der Waals surface area contributed by atoms with Crippen LogP contribution >= 0.6 is 0 Å². The molecule has 0 spiro atoms. The Bertz CT molecular complexity index is 597. The predicted octanol–water partition coefficient (Wildman–Crippen LogP) is 3.90. The largest absolute Gasteiger partial charge is 0.494 e. The number of benzene rings is 2. The van der Waals surface area contributed by atoms with Crippen LogP contribution < -0.4 is 9.47 Å². The van der Waals surface area contributed by atoms with Gasteiger partial charge in [-0.2, -0.15) is 0 Å². The molecular formula is C16H16F2O2. The maximum Gasteiger partial charge on any atom is 0.168 e. The highest BCUT2D eigenvalue weighted by molar-refractivity contribution is 5.32. The molecule has 0 aliphatic heterocycles. The average Bonchev–Trinajstić information content (AvgIpc) is 2.44. The zero-order chi connectivity index (χ0) is 14.5. The molecule has 0 aliphatic rings. The fourth-order valence-corrected chi connectivity index (χ4v) is 1.89. The maximum atomic E-state index is 13.9. The van der Waals surface area contributed by atoms with Crippen LogP contribution in [0.15, 0.2) is 36.4 Å². The van der Waals surface area contributed by atoms with Gasteiger partial charge >= 0.3 is 0 Å². The van der Waals surface area contributed by atoms with E-state index >= 15 is 0 Å². The third-order valence-corrected chi connectivity index (χ3v) is 3.03. The van der Waals surface area contributed by atoms with Crippen LogP contribution in [-0.4, -0.2) is 13.7 Å². The van der Waals surface area contributed by atoms with Crippen molar-refractivity contribution in [3.8, 4) is 11.5 Å². The highest BCUT2D eigenvalue weighted by Gasteiger charge is 2.08. The molecule has 0 unspecified atom stereocenters. The van der Waals surface area contributed by atoms with Crippen molar-refractivity contribution >= 4 is 0 Å². The summed E-state index contributed by atoms with van der Waals surface area (Å²) in [5.41, 5.74) is 1.05. The monoisotopic (exact) mass is 278 g/mol. The van der Waals surface area contributed by atoms with Crippen LogP contribution in [0.5, 0.6) is 11.5 Å². The van der Waals surface area contributed by atoms with Crippen LogP contribution in [0.3, 0.4) is 0 Å². The minimum Gasteiger partial charge on any atom is -0.494 e. The van der Waals surface area contributed by atoms with Crippen LogP contribution in [-0.2, 0) is 6.42 Å². The Balaban J connectivity index is 1.97. The van der Waals surface area contributed by atoms with Gasteiger partial charge < -0.3 is 9.47 Å². The van der Waals surface area contributed by atoms with Crippen molar-refractivity contribution in [2.75, 3.05) is 13.7 Å². The van der Waals surface area contributed by atoms with Crippen LogP contribution in [0.2, 0.25) is 0 Å². The lowest BCUT2D eigenvalue weighted by Gasteiger charge is -2.09. The number of hydrogen-bond acceptors (Lipinski definition) is 2. The summed E-state index contributed by atoms with van der Waals surface area (Å²) in [7, 11) is 1.43.